The zero-order valence-electron chi connectivity index (χ0n) is 11.6. The zero-order chi connectivity index (χ0) is 13.5. The van der Waals surface area contributed by atoms with Gasteiger partial charge in [-0.2, -0.15) is 0 Å². The average Bonchev–Trinajstić information content (AvgIpc) is 2.94. The Kier molecular flexibility index (Phi) is 5.69. The molecule has 0 unspecified atom stereocenters. The molecule has 1 aromatic rings. The van der Waals surface area contributed by atoms with Crippen LogP contribution in [-0.4, -0.2) is 43.1 Å². The van der Waals surface area contributed by atoms with Crippen LogP contribution in [-0.2, 0) is 6.42 Å². The summed E-state index contributed by atoms with van der Waals surface area (Å²) in [5, 5.41) is 13.8. The number of nitrogens with one attached hydrogen (secondary N) is 1. The fraction of sp³-hybridized carbons (Fsp3) is 0.846. The van der Waals surface area contributed by atoms with Crippen molar-refractivity contribution in [1.82, 2.24) is 25.5 Å². The number of rotatable bonds is 6. The molecule has 1 heterocycles. The Labute approximate surface area is 120 Å². The molecule has 1 aliphatic carbocycles. The second-order valence-corrected chi connectivity index (χ2v) is 5.64. The Bertz CT molecular complexity index is 372. The third-order valence-electron chi connectivity index (χ3n) is 3.87. The van der Waals surface area contributed by atoms with Gasteiger partial charge in [0.25, 0.3) is 0 Å². The molecule has 1 N–H and O–H groups in total. The molecule has 0 spiro atoms. The maximum atomic E-state index is 5.61. The molecule has 1 aromatic heterocycles. The molecular formula is C13H23N5S. The second kappa shape index (κ2) is 7.53. The van der Waals surface area contributed by atoms with E-state index in [0.717, 1.165) is 36.6 Å². The van der Waals surface area contributed by atoms with Crippen molar-refractivity contribution < 1.29 is 0 Å². The van der Waals surface area contributed by atoms with Crippen LogP contribution in [0, 0.1) is 0 Å². The molecule has 0 aliphatic heterocycles. The van der Waals surface area contributed by atoms with E-state index in [-0.39, 0.29) is 0 Å². The Hall–Kier alpha value is -1.04. The number of H-pyrrole nitrogens is 1. The molecule has 2 rings (SSSR count). The van der Waals surface area contributed by atoms with E-state index in [2.05, 4.69) is 32.4 Å². The summed E-state index contributed by atoms with van der Waals surface area (Å²) in [6.45, 7) is 3.24. The molecule has 0 bridgehead atoms. The molecule has 5 nitrogen and oxygen atoms in total. The third kappa shape index (κ3) is 4.23. The fourth-order valence-corrected chi connectivity index (χ4v) is 3.29. The van der Waals surface area contributed by atoms with Gasteiger partial charge in [-0.1, -0.05) is 31.5 Å². The Morgan fingerprint density at radius 3 is 2.79 bits per heavy atom. The van der Waals surface area contributed by atoms with E-state index in [4.69, 9.17) is 12.2 Å². The van der Waals surface area contributed by atoms with Gasteiger partial charge < -0.3 is 4.90 Å². The number of nitrogens with zero attached hydrogens (tertiary/aromatic N) is 4. The molecular weight excluding hydrogens is 258 g/mol. The summed E-state index contributed by atoms with van der Waals surface area (Å²) < 4.78 is 0. The highest BCUT2D eigenvalue weighted by Gasteiger charge is 2.21. The summed E-state index contributed by atoms with van der Waals surface area (Å²) in [6.07, 6.45) is 9.55. The second-order valence-electron chi connectivity index (χ2n) is 5.17. The van der Waals surface area contributed by atoms with Gasteiger partial charge in [0.1, 0.15) is 5.82 Å². The molecule has 1 saturated carbocycles. The SMILES string of the molecule is CCN(C(=S)CCCc1nnn[nH]1)C1CCCCC1. The van der Waals surface area contributed by atoms with Gasteiger partial charge in [0.15, 0.2) is 0 Å². The summed E-state index contributed by atoms with van der Waals surface area (Å²) in [6, 6.07) is 0.679. The normalized spacial score (nSPS) is 16.5. The van der Waals surface area contributed by atoms with Crippen LogP contribution in [0.3, 0.4) is 0 Å². The largest absolute Gasteiger partial charge is 0.363 e. The number of thiocarbonyl (C=S) groups is 1. The average molecular weight is 281 g/mol. The zero-order valence-corrected chi connectivity index (χ0v) is 12.5. The van der Waals surface area contributed by atoms with Crippen LogP contribution in [0.2, 0.25) is 0 Å². The van der Waals surface area contributed by atoms with E-state index in [9.17, 15) is 0 Å². The van der Waals surface area contributed by atoms with Crippen LogP contribution in [0.4, 0.5) is 0 Å². The van der Waals surface area contributed by atoms with Crippen molar-refractivity contribution in [3.05, 3.63) is 5.82 Å². The van der Waals surface area contributed by atoms with Crippen molar-refractivity contribution in [2.75, 3.05) is 6.54 Å². The van der Waals surface area contributed by atoms with E-state index in [0.29, 0.717) is 6.04 Å². The van der Waals surface area contributed by atoms with Crippen LogP contribution >= 0.6 is 12.2 Å². The number of hydrogen-bond acceptors (Lipinski definition) is 4. The van der Waals surface area contributed by atoms with Gasteiger partial charge >= 0.3 is 0 Å². The monoisotopic (exact) mass is 281 g/mol. The standard InChI is InChI=1S/C13H23N5S/c1-2-18(11-7-4-3-5-8-11)13(19)10-6-9-12-14-16-17-15-12/h11H,2-10H2,1H3,(H,14,15,16,17). The first-order chi connectivity index (χ1) is 9.31. The van der Waals surface area contributed by atoms with Crippen molar-refractivity contribution in [3.8, 4) is 0 Å². The summed E-state index contributed by atoms with van der Waals surface area (Å²) in [5.41, 5.74) is 0. The van der Waals surface area contributed by atoms with Crippen LogP contribution in [0.15, 0.2) is 0 Å². The molecule has 0 atom stereocenters. The maximum absolute atomic E-state index is 5.61. The lowest BCUT2D eigenvalue weighted by molar-refractivity contribution is 0.252. The predicted octanol–water partition coefficient (Wildman–Crippen LogP) is 2.50. The van der Waals surface area contributed by atoms with Crippen molar-refractivity contribution in [2.24, 2.45) is 0 Å². The minimum Gasteiger partial charge on any atom is -0.363 e. The highest BCUT2D eigenvalue weighted by Crippen LogP contribution is 2.23. The minimum atomic E-state index is 0.679. The molecule has 0 aromatic carbocycles. The number of aromatic amines is 1. The summed E-state index contributed by atoms with van der Waals surface area (Å²) >= 11 is 5.61. The van der Waals surface area contributed by atoms with Crippen molar-refractivity contribution in [2.45, 2.75) is 64.3 Å². The lowest BCUT2D eigenvalue weighted by atomic mass is 9.94. The molecule has 106 valence electrons. The van der Waals surface area contributed by atoms with Crippen molar-refractivity contribution in [1.29, 1.82) is 0 Å². The predicted molar refractivity (Wildman–Crippen MR) is 79.0 cm³/mol. The first-order valence-corrected chi connectivity index (χ1v) is 7.74. The highest BCUT2D eigenvalue weighted by atomic mass is 32.1. The third-order valence-corrected chi connectivity index (χ3v) is 4.31. The lowest BCUT2D eigenvalue weighted by Crippen LogP contribution is -2.40. The minimum absolute atomic E-state index is 0.679. The first-order valence-electron chi connectivity index (χ1n) is 7.33. The van der Waals surface area contributed by atoms with Crippen molar-refractivity contribution in [3.63, 3.8) is 0 Å². The van der Waals surface area contributed by atoms with Gasteiger partial charge in [-0.3, -0.25) is 0 Å². The molecule has 0 saturated heterocycles. The van der Waals surface area contributed by atoms with E-state index in [1.807, 2.05) is 0 Å². The lowest BCUT2D eigenvalue weighted by Gasteiger charge is -2.35. The highest BCUT2D eigenvalue weighted by molar-refractivity contribution is 7.80. The summed E-state index contributed by atoms with van der Waals surface area (Å²) in [5.74, 6) is 0.850. The molecule has 1 aliphatic rings. The Morgan fingerprint density at radius 2 is 2.16 bits per heavy atom. The van der Waals surface area contributed by atoms with E-state index < -0.39 is 0 Å². The molecule has 6 heteroatoms. The molecule has 19 heavy (non-hydrogen) atoms. The maximum Gasteiger partial charge on any atom is 0.148 e. The van der Waals surface area contributed by atoms with Gasteiger partial charge in [0.05, 0.1) is 4.99 Å². The number of tetrazole rings is 1. The number of aryl methyl sites for hydroxylation is 1. The van der Waals surface area contributed by atoms with Gasteiger partial charge in [-0.25, -0.2) is 5.10 Å². The quantitative estimate of drug-likeness (QED) is 0.812. The van der Waals surface area contributed by atoms with Crippen LogP contribution in [0.5, 0.6) is 0 Å². The Balaban J connectivity index is 1.76. The number of aromatic nitrogens is 4. The first kappa shape index (κ1) is 14.4. The van der Waals surface area contributed by atoms with Crippen molar-refractivity contribution >= 4 is 17.2 Å². The summed E-state index contributed by atoms with van der Waals surface area (Å²) in [4.78, 5) is 3.55. The van der Waals surface area contributed by atoms with Gasteiger partial charge in [-0.05, 0) is 43.0 Å². The Morgan fingerprint density at radius 1 is 1.37 bits per heavy atom. The van der Waals surface area contributed by atoms with E-state index in [1.54, 1.807) is 0 Å². The number of hydrogen-bond donors (Lipinski definition) is 1. The van der Waals surface area contributed by atoms with E-state index >= 15 is 0 Å². The van der Waals surface area contributed by atoms with Gasteiger partial charge in [0, 0.05) is 19.0 Å². The fourth-order valence-electron chi connectivity index (χ4n) is 2.87. The van der Waals surface area contributed by atoms with Gasteiger partial charge in [-0.15, -0.1) is 5.10 Å². The molecule has 1 fully saturated rings. The van der Waals surface area contributed by atoms with Crippen LogP contribution in [0.1, 0.15) is 57.7 Å². The molecule has 0 radical (unpaired) electrons. The summed E-state index contributed by atoms with van der Waals surface area (Å²) in [7, 11) is 0. The van der Waals surface area contributed by atoms with Crippen LogP contribution < -0.4 is 0 Å². The smallest absolute Gasteiger partial charge is 0.148 e. The molecule has 0 amide bonds. The van der Waals surface area contributed by atoms with Gasteiger partial charge in [0.2, 0.25) is 0 Å². The van der Waals surface area contributed by atoms with Crippen LogP contribution in [0.25, 0.3) is 0 Å². The van der Waals surface area contributed by atoms with E-state index in [1.165, 1.54) is 32.1 Å². The topological polar surface area (TPSA) is 57.7 Å².